The minimum Gasteiger partial charge on any atom is -0.464 e. The van der Waals surface area contributed by atoms with Crippen molar-refractivity contribution in [1.82, 2.24) is 10.8 Å². The number of hydroxylamine groups is 1. The number of amides is 2. The summed E-state index contributed by atoms with van der Waals surface area (Å²) in [6.45, 7) is 4.96. The molecule has 0 spiro atoms. The second-order valence-corrected chi connectivity index (χ2v) is 9.01. The Bertz CT molecular complexity index is 890. The smallest absolute Gasteiger partial charge is 0.246 e. The molecule has 0 unspecified atom stereocenters. The molecule has 0 saturated heterocycles. The number of benzene rings is 1. The Labute approximate surface area is 195 Å². The second-order valence-electron chi connectivity index (χ2n) is 9.01. The summed E-state index contributed by atoms with van der Waals surface area (Å²) in [5.41, 5.74) is 3.40. The van der Waals surface area contributed by atoms with Gasteiger partial charge in [-0.1, -0.05) is 25.1 Å². The van der Waals surface area contributed by atoms with Gasteiger partial charge in [-0.15, -0.1) is 0 Å². The van der Waals surface area contributed by atoms with Crippen molar-refractivity contribution < 1.29 is 28.7 Å². The van der Waals surface area contributed by atoms with Crippen molar-refractivity contribution >= 4 is 22.8 Å². The van der Waals surface area contributed by atoms with E-state index < -0.39 is 17.9 Å². The highest BCUT2D eigenvalue weighted by molar-refractivity contribution is 5.83. The number of rotatable bonds is 12. The summed E-state index contributed by atoms with van der Waals surface area (Å²) in [6, 6.07) is 7.23. The van der Waals surface area contributed by atoms with Gasteiger partial charge >= 0.3 is 0 Å². The zero-order valence-corrected chi connectivity index (χ0v) is 19.5. The number of fused-ring (bicyclic) bond motifs is 1. The Hall–Kier alpha value is -2.42. The monoisotopic (exact) mass is 460 g/mol. The van der Waals surface area contributed by atoms with Gasteiger partial charge in [0, 0.05) is 23.8 Å². The first-order valence-electron chi connectivity index (χ1n) is 11.9. The van der Waals surface area contributed by atoms with Crippen LogP contribution in [0.2, 0.25) is 0 Å². The fraction of sp³-hybridized carbons (Fsp3) is 0.600. The zero-order chi connectivity index (χ0) is 23.6. The van der Waals surface area contributed by atoms with E-state index in [1.165, 1.54) is 0 Å². The molecule has 1 fully saturated rings. The molecule has 1 aromatic carbocycles. The van der Waals surface area contributed by atoms with Crippen LogP contribution in [0.1, 0.15) is 51.5 Å². The van der Waals surface area contributed by atoms with Crippen LogP contribution in [0.15, 0.2) is 34.9 Å². The number of nitrogens with one attached hydrogen (secondary N) is 2. The van der Waals surface area contributed by atoms with Crippen molar-refractivity contribution in [3.8, 4) is 0 Å². The molecule has 2 aromatic rings. The molecule has 0 radical (unpaired) electrons. The van der Waals surface area contributed by atoms with Crippen molar-refractivity contribution in [2.45, 2.75) is 58.4 Å². The van der Waals surface area contributed by atoms with E-state index >= 15 is 0 Å². The van der Waals surface area contributed by atoms with Crippen molar-refractivity contribution in [2.75, 3.05) is 20.0 Å². The molecule has 182 valence electrons. The summed E-state index contributed by atoms with van der Waals surface area (Å²) < 4.78 is 16.5. The van der Waals surface area contributed by atoms with E-state index in [9.17, 15) is 14.8 Å². The Morgan fingerprint density at radius 2 is 1.94 bits per heavy atom. The molecule has 1 heterocycles. The lowest BCUT2D eigenvalue weighted by Gasteiger charge is -2.29. The lowest BCUT2D eigenvalue weighted by molar-refractivity contribution is -0.135. The number of carbonyl (C=O) groups excluding carboxylic acids is 2. The third kappa shape index (κ3) is 7.28. The quantitative estimate of drug-likeness (QED) is 0.192. The summed E-state index contributed by atoms with van der Waals surface area (Å²) in [6.07, 6.45) is 6.17. The van der Waals surface area contributed by atoms with Crippen LogP contribution in [0.3, 0.4) is 0 Å². The van der Waals surface area contributed by atoms with Crippen LogP contribution in [0, 0.1) is 17.8 Å². The maximum absolute atomic E-state index is 13.0. The average Bonchev–Trinajstić information content (AvgIpc) is 3.24. The van der Waals surface area contributed by atoms with Crippen LogP contribution in [0.5, 0.6) is 0 Å². The predicted molar refractivity (Wildman–Crippen MR) is 123 cm³/mol. The first kappa shape index (κ1) is 25.2. The summed E-state index contributed by atoms with van der Waals surface area (Å²) in [5, 5.41) is 13.4. The van der Waals surface area contributed by atoms with Crippen LogP contribution >= 0.6 is 0 Å². The highest BCUT2D eigenvalue weighted by atomic mass is 16.7. The highest BCUT2D eigenvalue weighted by Gasteiger charge is 2.29. The molecule has 3 rings (SSSR count). The molecule has 2 amide bonds. The van der Waals surface area contributed by atoms with Crippen molar-refractivity contribution in [1.29, 1.82) is 0 Å². The first-order chi connectivity index (χ1) is 16.0. The lowest BCUT2D eigenvalue weighted by atomic mass is 9.82. The summed E-state index contributed by atoms with van der Waals surface area (Å²) in [7, 11) is 0. The van der Waals surface area contributed by atoms with Gasteiger partial charge in [-0.25, -0.2) is 5.48 Å². The molecular weight excluding hydrogens is 424 g/mol. The Kier molecular flexibility index (Phi) is 9.72. The lowest BCUT2D eigenvalue weighted by Crippen LogP contribution is -2.45. The number of carbonyl (C=O) groups is 2. The van der Waals surface area contributed by atoms with Gasteiger partial charge in [0.05, 0.1) is 18.9 Å². The SMILES string of the molecule is CCOCOC[C@H](C[C@H](Cc1coc2ccccc12)C(=O)NO)NC(=O)C1CCC(C)CC1. The van der Waals surface area contributed by atoms with Crippen molar-refractivity contribution in [2.24, 2.45) is 17.8 Å². The third-order valence-electron chi connectivity index (χ3n) is 6.50. The van der Waals surface area contributed by atoms with E-state index in [2.05, 4.69) is 12.2 Å². The number of para-hydroxylation sites is 1. The Balaban J connectivity index is 1.70. The molecule has 2 atom stereocenters. The van der Waals surface area contributed by atoms with E-state index in [1.807, 2.05) is 31.2 Å². The average molecular weight is 461 g/mol. The normalized spacial score (nSPS) is 20.3. The summed E-state index contributed by atoms with van der Waals surface area (Å²) in [4.78, 5) is 25.5. The molecule has 8 heteroatoms. The van der Waals surface area contributed by atoms with Crippen LogP contribution in [0.4, 0.5) is 0 Å². The molecule has 8 nitrogen and oxygen atoms in total. The van der Waals surface area contributed by atoms with E-state index in [4.69, 9.17) is 13.9 Å². The molecule has 1 aliphatic carbocycles. The van der Waals surface area contributed by atoms with Gasteiger partial charge in [-0.3, -0.25) is 14.8 Å². The van der Waals surface area contributed by atoms with Gasteiger partial charge in [0.15, 0.2) is 0 Å². The predicted octanol–water partition coefficient (Wildman–Crippen LogP) is 3.81. The van der Waals surface area contributed by atoms with Gasteiger partial charge < -0.3 is 19.2 Å². The van der Waals surface area contributed by atoms with E-state index in [0.717, 1.165) is 42.2 Å². The summed E-state index contributed by atoms with van der Waals surface area (Å²) in [5.74, 6) is -0.441. The third-order valence-corrected chi connectivity index (χ3v) is 6.50. The Morgan fingerprint density at radius 1 is 1.18 bits per heavy atom. The minimum atomic E-state index is -0.580. The van der Waals surface area contributed by atoms with E-state index in [0.29, 0.717) is 25.4 Å². The zero-order valence-electron chi connectivity index (χ0n) is 19.5. The summed E-state index contributed by atoms with van der Waals surface area (Å²) >= 11 is 0. The number of ether oxygens (including phenoxy) is 2. The van der Waals surface area contributed by atoms with Crippen molar-refractivity contribution in [3.63, 3.8) is 0 Å². The topological polar surface area (TPSA) is 110 Å². The second kappa shape index (κ2) is 12.7. The molecule has 1 saturated carbocycles. The van der Waals surface area contributed by atoms with Crippen molar-refractivity contribution in [3.05, 3.63) is 36.1 Å². The molecule has 0 aliphatic heterocycles. The Morgan fingerprint density at radius 3 is 2.67 bits per heavy atom. The fourth-order valence-corrected chi connectivity index (χ4v) is 4.52. The first-order valence-corrected chi connectivity index (χ1v) is 11.9. The maximum Gasteiger partial charge on any atom is 0.246 e. The van der Waals surface area contributed by atoms with Crippen LogP contribution < -0.4 is 10.8 Å². The van der Waals surface area contributed by atoms with Gasteiger partial charge in [-0.05, 0) is 63.0 Å². The van der Waals surface area contributed by atoms with E-state index in [1.54, 1.807) is 11.7 Å². The standard InChI is InChI=1S/C25H36N2O6/c1-3-31-16-32-15-21(26-24(28)18-10-8-17(2)9-11-18)13-19(25(29)27-30)12-20-14-33-23-7-5-4-6-22(20)23/h4-7,14,17-19,21,30H,3,8-13,15-16H2,1-2H3,(H,26,28)(H,27,29)/t17?,18?,19-,21-/m0/s1. The molecule has 33 heavy (non-hydrogen) atoms. The molecular formula is C25H36N2O6. The minimum absolute atomic E-state index is 0.00354. The number of furan rings is 1. The number of hydrogen-bond donors (Lipinski definition) is 3. The van der Waals surface area contributed by atoms with Gasteiger partial charge in [0.1, 0.15) is 12.4 Å². The van der Waals surface area contributed by atoms with Gasteiger partial charge in [0.25, 0.3) is 0 Å². The molecule has 1 aromatic heterocycles. The van der Waals surface area contributed by atoms with Crippen LogP contribution in [-0.4, -0.2) is 43.1 Å². The fourth-order valence-electron chi connectivity index (χ4n) is 4.52. The molecule has 1 aliphatic rings. The van der Waals surface area contributed by atoms with Gasteiger partial charge in [0.2, 0.25) is 11.8 Å². The molecule has 0 bridgehead atoms. The van der Waals surface area contributed by atoms with Crippen LogP contribution in [-0.2, 0) is 25.5 Å². The maximum atomic E-state index is 13.0. The van der Waals surface area contributed by atoms with E-state index in [-0.39, 0.29) is 25.2 Å². The largest absolute Gasteiger partial charge is 0.464 e. The molecule has 3 N–H and O–H groups in total. The van der Waals surface area contributed by atoms with Gasteiger partial charge in [-0.2, -0.15) is 0 Å². The van der Waals surface area contributed by atoms with Crippen LogP contribution in [0.25, 0.3) is 11.0 Å². The highest BCUT2D eigenvalue weighted by Crippen LogP contribution is 2.29. The number of hydrogen-bond acceptors (Lipinski definition) is 6.